The fraction of sp³-hybridized carbons (Fsp3) is 0.111. The number of hydrogen-bond donors (Lipinski definition) is 1. The van der Waals surface area contributed by atoms with Crippen molar-refractivity contribution >= 4 is 23.2 Å². The van der Waals surface area contributed by atoms with Crippen LogP contribution in [-0.2, 0) is 4.74 Å². The van der Waals surface area contributed by atoms with E-state index in [0.29, 0.717) is 17.9 Å². The Hall–Kier alpha value is -2.88. The van der Waals surface area contributed by atoms with E-state index in [4.69, 9.17) is 4.74 Å². The van der Waals surface area contributed by atoms with Crippen molar-refractivity contribution in [3.8, 4) is 11.1 Å². The number of benzene rings is 2. The fourth-order valence-electron chi connectivity index (χ4n) is 2.57. The minimum absolute atomic E-state index is 0.308. The average molecular weight is 293 g/mol. The first-order chi connectivity index (χ1) is 10.7. The van der Waals surface area contributed by atoms with Crippen LogP contribution < -0.4 is 0 Å². The van der Waals surface area contributed by atoms with Crippen molar-refractivity contribution in [2.75, 3.05) is 6.61 Å². The standard InChI is InChI=1S/C18H15NO3/c1-2-22-18(21)17-16(13-7-5-6-12(10-13)11-20)14-8-3-4-9-15(14)19-17/h3-11,19H,2H2,1H3. The van der Waals surface area contributed by atoms with Crippen LogP contribution in [0.15, 0.2) is 48.5 Å². The highest BCUT2D eigenvalue weighted by molar-refractivity contribution is 6.08. The summed E-state index contributed by atoms with van der Waals surface area (Å²) in [6, 6.07) is 14.8. The minimum atomic E-state index is -0.398. The molecule has 0 aliphatic carbocycles. The van der Waals surface area contributed by atoms with Crippen LogP contribution in [0.4, 0.5) is 0 Å². The van der Waals surface area contributed by atoms with Crippen LogP contribution in [0.3, 0.4) is 0 Å². The topological polar surface area (TPSA) is 59.2 Å². The molecule has 0 amide bonds. The fourth-order valence-corrected chi connectivity index (χ4v) is 2.57. The van der Waals surface area contributed by atoms with Gasteiger partial charge in [0.05, 0.1) is 6.61 Å². The molecule has 2 aromatic carbocycles. The third-order valence-corrected chi connectivity index (χ3v) is 3.50. The smallest absolute Gasteiger partial charge is 0.355 e. The van der Waals surface area contributed by atoms with Crippen LogP contribution in [0.2, 0.25) is 0 Å². The second-order valence-corrected chi connectivity index (χ2v) is 4.88. The lowest BCUT2D eigenvalue weighted by Gasteiger charge is -2.05. The summed E-state index contributed by atoms with van der Waals surface area (Å²) in [5.41, 5.74) is 3.41. The van der Waals surface area contributed by atoms with Crippen molar-refractivity contribution in [3.63, 3.8) is 0 Å². The lowest BCUT2D eigenvalue weighted by Crippen LogP contribution is -2.06. The number of ether oxygens (including phenoxy) is 1. The van der Waals surface area contributed by atoms with E-state index in [1.165, 1.54) is 0 Å². The summed E-state index contributed by atoms with van der Waals surface area (Å²) in [4.78, 5) is 26.4. The number of nitrogens with one attached hydrogen (secondary N) is 1. The van der Waals surface area contributed by atoms with E-state index in [-0.39, 0.29) is 0 Å². The Labute approximate surface area is 127 Å². The maximum Gasteiger partial charge on any atom is 0.355 e. The molecule has 0 unspecified atom stereocenters. The molecule has 0 saturated heterocycles. The Morgan fingerprint density at radius 3 is 2.77 bits per heavy atom. The highest BCUT2D eigenvalue weighted by Gasteiger charge is 2.20. The second-order valence-electron chi connectivity index (χ2n) is 4.88. The van der Waals surface area contributed by atoms with Gasteiger partial charge in [0.1, 0.15) is 12.0 Å². The summed E-state index contributed by atoms with van der Waals surface area (Å²) in [6.07, 6.45) is 0.794. The van der Waals surface area contributed by atoms with Gasteiger partial charge in [0.15, 0.2) is 0 Å². The van der Waals surface area contributed by atoms with Crippen molar-refractivity contribution in [3.05, 3.63) is 59.8 Å². The van der Waals surface area contributed by atoms with Gasteiger partial charge in [0.25, 0.3) is 0 Å². The summed E-state index contributed by atoms with van der Waals surface area (Å²) in [5.74, 6) is -0.398. The van der Waals surface area contributed by atoms with Gasteiger partial charge in [-0.3, -0.25) is 4.79 Å². The number of carbonyl (C=O) groups excluding carboxylic acids is 2. The zero-order chi connectivity index (χ0) is 15.5. The summed E-state index contributed by atoms with van der Waals surface area (Å²) in [7, 11) is 0. The Morgan fingerprint density at radius 1 is 1.18 bits per heavy atom. The van der Waals surface area contributed by atoms with Crippen molar-refractivity contribution in [1.29, 1.82) is 0 Å². The SMILES string of the molecule is CCOC(=O)c1[nH]c2ccccc2c1-c1cccc(C=O)c1. The minimum Gasteiger partial charge on any atom is -0.461 e. The van der Waals surface area contributed by atoms with Gasteiger partial charge in [-0.15, -0.1) is 0 Å². The Bertz CT molecular complexity index is 848. The van der Waals surface area contributed by atoms with E-state index in [1.807, 2.05) is 30.3 Å². The molecule has 3 rings (SSSR count). The number of hydrogen-bond acceptors (Lipinski definition) is 3. The number of esters is 1. The molecule has 22 heavy (non-hydrogen) atoms. The van der Waals surface area contributed by atoms with Gasteiger partial charge >= 0.3 is 5.97 Å². The molecule has 0 saturated carbocycles. The average Bonchev–Trinajstić information content (AvgIpc) is 2.94. The molecular formula is C18H15NO3. The molecule has 0 bridgehead atoms. The van der Waals surface area contributed by atoms with Crippen molar-refractivity contribution in [2.24, 2.45) is 0 Å². The summed E-state index contributed by atoms with van der Waals surface area (Å²) < 4.78 is 5.14. The predicted octanol–water partition coefficient (Wildman–Crippen LogP) is 3.82. The first-order valence-electron chi connectivity index (χ1n) is 7.08. The molecule has 0 atom stereocenters. The summed E-state index contributed by atoms with van der Waals surface area (Å²) in [6.45, 7) is 2.08. The number of carbonyl (C=O) groups is 2. The molecule has 0 aliphatic rings. The maximum atomic E-state index is 12.2. The normalized spacial score (nSPS) is 10.6. The van der Waals surface area contributed by atoms with E-state index in [9.17, 15) is 9.59 Å². The monoisotopic (exact) mass is 293 g/mol. The molecule has 3 aromatic rings. The molecule has 1 heterocycles. The second kappa shape index (κ2) is 5.85. The van der Waals surface area contributed by atoms with E-state index in [0.717, 1.165) is 28.3 Å². The molecule has 1 aromatic heterocycles. The van der Waals surface area contributed by atoms with Gasteiger partial charge < -0.3 is 9.72 Å². The number of aldehydes is 1. The number of rotatable bonds is 4. The lowest BCUT2D eigenvalue weighted by molar-refractivity contribution is 0.0521. The maximum absolute atomic E-state index is 12.2. The van der Waals surface area contributed by atoms with Gasteiger partial charge in [0.2, 0.25) is 0 Å². The first-order valence-corrected chi connectivity index (χ1v) is 7.08. The highest BCUT2D eigenvalue weighted by atomic mass is 16.5. The molecule has 0 spiro atoms. The molecule has 0 radical (unpaired) electrons. The van der Waals surface area contributed by atoms with Crippen LogP contribution in [0, 0.1) is 0 Å². The molecule has 0 fully saturated rings. The number of aromatic amines is 1. The van der Waals surface area contributed by atoms with E-state index in [2.05, 4.69) is 4.98 Å². The third kappa shape index (κ3) is 2.39. The zero-order valence-electron chi connectivity index (χ0n) is 12.1. The van der Waals surface area contributed by atoms with Crippen molar-refractivity contribution < 1.29 is 14.3 Å². The van der Waals surface area contributed by atoms with Gasteiger partial charge in [0, 0.05) is 22.0 Å². The first kappa shape index (κ1) is 14.1. The van der Waals surface area contributed by atoms with Crippen LogP contribution in [-0.4, -0.2) is 23.8 Å². The number of para-hydroxylation sites is 1. The Balaban J connectivity index is 2.27. The zero-order valence-corrected chi connectivity index (χ0v) is 12.1. The molecule has 4 heteroatoms. The van der Waals surface area contributed by atoms with Crippen LogP contribution in [0.5, 0.6) is 0 Å². The largest absolute Gasteiger partial charge is 0.461 e. The molecule has 1 N–H and O–H groups in total. The third-order valence-electron chi connectivity index (χ3n) is 3.50. The van der Waals surface area contributed by atoms with Gasteiger partial charge in [-0.25, -0.2) is 4.79 Å². The Kier molecular flexibility index (Phi) is 3.74. The summed E-state index contributed by atoms with van der Waals surface area (Å²) in [5, 5.41) is 0.925. The quantitative estimate of drug-likeness (QED) is 0.587. The molecule has 110 valence electrons. The van der Waals surface area contributed by atoms with E-state index in [1.54, 1.807) is 25.1 Å². The van der Waals surface area contributed by atoms with E-state index < -0.39 is 5.97 Å². The van der Waals surface area contributed by atoms with Crippen LogP contribution in [0.25, 0.3) is 22.0 Å². The van der Waals surface area contributed by atoms with Crippen molar-refractivity contribution in [2.45, 2.75) is 6.92 Å². The van der Waals surface area contributed by atoms with Crippen molar-refractivity contribution in [1.82, 2.24) is 4.98 Å². The number of H-pyrrole nitrogens is 1. The van der Waals surface area contributed by atoms with Gasteiger partial charge in [-0.05, 0) is 24.6 Å². The van der Waals surface area contributed by atoms with Gasteiger partial charge in [-0.1, -0.05) is 36.4 Å². The predicted molar refractivity (Wildman–Crippen MR) is 85.1 cm³/mol. The summed E-state index contributed by atoms with van der Waals surface area (Å²) >= 11 is 0. The lowest BCUT2D eigenvalue weighted by atomic mass is 10.00. The molecular weight excluding hydrogens is 278 g/mol. The van der Waals surface area contributed by atoms with Crippen LogP contribution >= 0.6 is 0 Å². The van der Waals surface area contributed by atoms with E-state index >= 15 is 0 Å². The molecule has 4 nitrogen and oxygen atoms in total. The highest BCUT2D eigenvalue weighted by Crippen LogP contribution is 2.33. The molecule has 0 aliphatic heterocycles. The van der Waals surface area contributed by atoms with Gasteiger partial charge in [-0.2, -0.15) is 0 Å². The number of fused-ring (bicyclic) bond motifs is 1. The Morgan fingerprint density at radius 2 is 2.00 bits per heavy atom. The van der Waals surface area contributed by atoms with Crippen LogP contribution in [0.1, 0.15) is 27.8 Å². The number of aromatic nitrogens is 1.